The molecule has 3 rings (SSSR count). The van der Waals surface area contributed by atoms with Gasteiger partial charge >= 0.3 is 0 Å². The molecule has 1 saturated heterocycles. The Morgan fingerprint density at radius 2 is 1.88 bits per heavy atom. The van der Waals surface area contributed by atoms with E-state index in [0.717, 1.165) is 18.4 Å². The van der Waals surface area contributed by atoms with E-state index in [4.69, 9.17) is 16.3 Å². The minimum absolute atomic E-state index is 0.0261. The maximum atomic E-state index is 12.9. The van der Waals surface area contributed by atoms with E-state index >= 15 is 0 Å². The summed E-state index contributed by atoms with van der Waals surface area (Å²) in [5, 5.41) is 11.6. The van der Waals surface area contributed by atoms with E-state index in [1.165, 1.54) is 18.2 Å². The van der Waals surface area contributed by atoms with E-state index in [9.17, 15) is 14.5 Å². The van der Waals surface area contributed by atoms with Crippen LogP contribution < -0.4 is 4.90 Å². The van der Waals surface area contributed by atoms with Crippen LogP contribution in [0.5, 0.6) is 0 Å². The quantitative estimate of drug-likeness (QED) is 0.576. The van der Waals surface area contributed by atoms with Crippen LogP contribution in [0.25, 0.3) is 0 Å². The summed E-state index contributed by atoms with van der Waals surface area (Å²) in [6.45, 7) is 1.79. The number of nitro groups is 1. The lowest BCUT2D eigenvalue weighted by Crippen LogP contribution is -2.37. The van der Waals surface area contributed by atoms with Crippen LogP contribution in [0.2, 0.25) is 5.02 Å². The highest BCUT2D eigenvalue weighted by Gasteiger charge is 2.25. The highest BCUT2D eigenvalue weighted by atomic mass is 35.5. The second-order valence-corrected chi connectivity index (χ2v) is 6.45. The van der Waals surface area contributed by atoms with Crippen LogP contribution in [-0.4, -0.2) is 24.1 Å². The van der Waals surface area contributed by atoms with E-state index in [1.807, 2.05) is 4.90 Å². The van der Waals surface area contributed by atoms with E-state index in [2.05, 4.69) is 0 Å². The molecule has 1 heterocycles. The first kappa shape index (κ1) is 17.6. The molecule has 1 aliphatic heterocycles. The normalized spacial score (nSPS) is 15.4. The summed E-state index contributed by atoms with van der Waals surface area (Å²) < 4.78 is 18.8. The van der Waals surface area contributed by atoms with Crippen molar-refractivity contribution in [3.8, 4) is 0 Å². The standard InChI is InChI=1S/C18H18ClFN2O3/c19-14-3-6-17(18(11-14)22(23)24)21-9-7-16(8-10-21)25-12-13-1-4-15(20)5-2-13/h1-6,11,16H,7-10,12H2. The third-order valence-corrected chi connectivity index (χ3v) is 4.55. The third-order valence-electron chi connectivity index (χ3n) is 4.32. The lowest BCUT2D eigenvalue weighted by molar-refractivity contribution is -0.384. The molecule has 25 heavy (non-hydrogen) atoms. The molecule has 5 nitrogen and oxygen atoms in total. The zero-order valence-corrected chi connectivity index (χ0v) is 14.3. The Bertz CT molecular complexity index is 746. The molecule has 0 radical (unpaired) electrons. The minimum Gasteiger partial charge on any atom is -0.373 e. The van der Waals surface area contributed by atoms with Crippen molar-refractivity contribution in [3.63, 3.8) is 0 Å². The van der Waals surface area contributed by atoms with Crippen LogP contribution in [0, 0.1) is 15.9 Å². The lowest BCUT2D eigenvalue weighted by Gasteiger charge is -2.33. The molecule has 0 unspecified atom stereocenters. The molecular formula is C18H18ClFN2O3. The number of nitrogens with zero attached hydrogens (tertiary/aromatic N) is 2. The predicted octanol–water partition coefficient (Wildman–Crippen LogP) is 4.57. The number of rotatable bonds is 5. The summed E-state index contributed by atoms with van der Waals surface area (Å²) in [6.07, 6.45) is 1.65. The number of hydrogen-bond donors (Lipinski definition) is 0. The van der Waals surface area contributed by atoms with Gasteiger partial charge in [0.15, 0.2) is 0 Å². The van der Waals surface area contributed by atoms with Crippen molar-refractivity contribution in [1.82, 2.24) is 0 Å². The van der Waals surface area contributed by atoms with Gasteiger partial charge in [-0.1, -0.05) is 23.7 Å². The molecule has 132 valence electrons. The topological polar surface area (TPSA) is 55.6 Å². The van der Waals surface area contributed by atoms with Gasteiger partial charge in [0.1, 0.15) is 11.5 Å². The highest BCUT2D eigenvalue weighted by molar-refractivity contribution is 6.30. The Balaban J connectivity index is 1.57. The van der Waals surface area contributed by atoms with Crippen molar-refractivity contribution < 1.29 is 14.1 Å². The largest absolute Gasteiger partial charge is 0.373 e. The Kier molecular flexibility index (Phi) is 5.50. The maximum absolute atomic E-state index is 12.9. The van der Waals surface area contributed by atoms with Crippen LogP contribution in [0.1, 0.15) is 18.4 Å². The Hall–Kier alpha value is -2.18. The molecule has 1 fully saturated rings. The van der Waals surface area contributed by atoms with Crippen LogP contribution in [0.4, 0.5) is 15.8 Å². The van der Waals surface area contributed by atoms with Crippen LogP contribution in [0.15, 0.2) is 42.5 Å². The number of anilines is 1. The van der Waals surface area contributed by atoms with E-state index in [1.54, 1.807) is 24.3 Å². The SMILES string of the molecule is O=[N+]([O-])c1cc(Cl)ccc1N1CCC(OCc2ccc(F)cc2)CC1. The molecule has 0 saturated carbocycles. The number of halogens is 2. The Morgan fingerprint density at radius 3 is 2.52 bits per heavy atom. The molecule has 0 atom stereocenters. The monoisotopic (exact) mass is 364 g/mol. The van der Waals surface area contributed by atoms with E-state index in [0.29, 0.717) is 30.4 Å². The first-order valence-corrected chi connectivity index (χ1v) is 8.45. The lowest BCUT2D eigenvalue weighted by atomic mass is 10.1. The maximum Gasteiger partial charge on any atom is 0.294 e. The molecule has 0 N–H and O–H groups in total. The highest BCUT2D eigenvalue weighted by Crippen LogP contribution is 2.33. The van der Waals surface area contributed by atoms with Crippen molar-refractivity contribution >= 4 is 23.0 Å². The van der Waals surface area contributed by atoms with Crippen molar-refractivity contribution in [2.45, 2.75) is 25.6 Å². The average Bonchev–Trinajstić information content (AvgIpc) is 2.62. The smallest absolute Gasteiger partial charge is 0.294 e. The zero-order chi connectivity index (χ0) is 17.8. The molecule has 7 heteroatoms. The molecule has 0 aliphatic carbocycles. The summed E-state index contributed by atoms with van der Waals surface area (Å²) in [4.78, 5) is 12.8. The number of piperidine rings is 1. The van der Waals surface area contributed by atoms with Crippen molar-refractivity contribution in [2.75, 3.05) is 18.0 Å². The molecule has 1 aliphatic rings. The van der Waals surface area contributed by atoms with E-state index < -0.39 is 4.92 Å². The zero-order valence-electron chi connectivity index (χ0n) is 13.5. The summed E-state index contributed by atoms with van der Waals surface area (Å²) >= 11 is 5.87. The number of hydrogen-bond acceptors (Lipinski definition) is 4. The molecule has 2 aromatic carbocycles. The van der Waals surface area contributed by atoms with Gasteiger partial charge in [-0.25, -0.2) is 4.39 Å². The summed E-state index contributed by atoms with van der Waals surface area (Å²) in [5.74, 6) is -0.262. The summed E-state index contributed by atoms with van der Waals surface area (Å²) in [6, 6.07) is 11.0. The fourth-order valence-corrected chi connectivity index (χ4v) is 3.13. The van der Waals surface area contributed by atoms with Gasteiger partial charge in [-0.15, -0.1) is 0 Å². The number of benzene rings is 2. The number of ether oxygens (including phenoxy) is 1. The summed E-state index contributed by atoms with van der Waals surface area (Å²) in [7, 11) is 0. The number of nitro benzene ring substituents is 1. The molecule has 0 spiro atoms. The Morgan fingerprint density at radius 1 is 1.20 bits per heavy atom. The second-order valence-electron chi connectivity index (χ2n) is 6.01. The van der Waals surface area contributed by atoms with Crippen LogP contribution in [-0.2, 0) is 11.3 Å². The van der Waals surface area contributed by atoms with E-state index in [-0.39, 0.29) is 17.6 Å². The molecule has 0 amide bonds. The molecular weight excluding hydrogens is 347 g/mol. The van der Waals surface area contributed by atoms with Crippen molar-refractivity contribution in [2.24, 2.45) is 0 Å². The fourth-order valence-electron chi connectivity index (χ4n) is 2.97. The van der Waals surface area contributed by atoms with Crippen LogP contribution in [0.3, 0.4) is 0 Å². The van der Waals surface area contributed by atoms with Gasteiger partial charge in [0.05, 0.1) is 17.6 Å². The second kappa shape index (κ2) is 7.80. The van der Waals surface area contributed by atoms with Gasteiger partial charge in [-0.05, 0) is 42.7 Å². The Labute approximate surface area is 150 Å². The van der Waals surface area contributed by atoms with Crippen molar-refractivity contribution in [1.29, 1.82) is 0 Å². The van der Waals surface area contributed by atoms with Gasteiger partial charge in [0.25, 0.3) is 5.69 Å². The minimum atomic E-state index is -0.404. The van der Waals surface area contributed by atoms with Gasteiger partial charge in [-0.2, -0.15) is 0 Å². The molecule has 2 aromatic rings. The van der Waals surface area contributed by atoms with Gasteiger partial charge < -0.3 is 9.64 Å². The predicted molar refractivity (Wildman–Crippen MR) is 94.5 cm³/mol. The first-order chi connectivity index (χ1) is 12.0. The summed E-state index contributed by atoms with van der Waals surface area (Å²) in [5.41, 5.74) is 1.54. The third kappa shape index (κ3) is 4.46. The van der Waals surface area contributed by atoms with Crippen LogP contribution >= 0.6 is 11.6 Å². The first-order valence-electron chi connectivity index (χ1n) is 8.08. The van der Waals surface area contributed by atoms with Gasteiger partial charge in [-0.3, -0.25) is 10.1 Å². The van der Waals surface area contributed by atoms with Gasteiger partial charge in [0.2, 0.25) is 0 Å². The average molecular weight is 365 g/mol. The van der Waals surface area contributed by atoms with Gasteiger partial charge in [0, 0.05) is 24.2 Å². The van der Waals surface area contributed by atoms with Crippen molar-refractivity contribution in [3.05, 3.63) is 69.0 Å². The molecule has 0 bridgehead atoms. The fraction of sp³-hybridized carbons (Fsp3) is 0.333. The molecule has 0 aromatic heterocycles.